The first-order chi connectivity index (χ1) is 6.39. The Bertz CT molecular complexity index is 358. The maximum Gasteiger partial charge on any atom is 0.224 e. The monoisotopic (exact) mass is 219 g/mol. The molecule has 0 aromatic carbocycles. The number of nitrogens with zero attached hydrogens (tertiary/aromatic N) is 1. The summed E-state index contributed by atoms with van der Waals surface area (Å²) in [7, 11) is -2.99. The molecule has 0 aliphatic heterocycles. The van der Waals surface area contributed by atoms with Gasteiger partial charge in [0, 0.05) is 11.2 Å². The van der Waals surface area contributed by atoms with Crippen LogP contribution in [0.5, 0.6) is 0 Å². The number of hydrogen-bond donors (Lipinski definition) is 0. The summed E-state index contributed by atoms with van der Waals surface area (Å²) >= 11 is 0. The van der Waals surface area contributed by atoms with E-state index in [4.69, 9.17) is 0 Å². The van der Waals surface area contributed by atoms with Gasteiger partial charge >= 0.3 is 0 Å². The summed E-state index contributed by atoms with van der Waals surface area (Å²) in [4.78, 5) is 9.81. The van der Waals surface area contributed by atoms with Crippen LogP contribution in [-0.2, 0) is 9.84 Å². The van der Waals surface area contributed by atoms with Gasteiger partial charge in [0.05, 0.1) is 5.25 Å². The molecule has 1 aliphatic carbocycles. The van der Waals surface area contributed by atoms with Crippen molar-refractivity contribution in [2.24, 2.45) is 0 Å². The molecule has 1 atom stereocenters. The molecule has 0 aromatic heterocycles. The van der Waals surface area contributed by atoms with E-state index in [-0.39, 0.29) is 16.7 Å². The Kier molecular flexibility index (Phi) is 3.25. The third-order valence-corrected chi connectivity index (χ3v) is 4.03. The van der Waals surface area contributed by atoms with Gasteiger partial charge in [0.2, 0.25) is 6.54 Å². The number of sulfone groups is 1. The van der Waals surface area contributed by atoms with E-state index in [1.54, 1.807) is 6.08 Å². The number of hydrogen-bond acceptors (Lipinski definition) is 4. The molecular formula is C8H13NO4S. The van der Waals surface area contributed by atoms with E-state index in [1.807, 2.05) is 0 Å². The average molecular weight is 219 g/mol. The van der Waals surface area contributed by atoms with Gasteiger partial charge in [0.1, 0.15) is 0 Å². The summed E-state index contributed by atoms with van der Waals surface area (Å²) in [5.74, 6) is 0. The van der Waals surface area contributed by atoms with Gasteiger partial charge in [-0.3, -0.25) is 10.1 Å². The van der Waals surface area contributed by atoms with E-state index >= 15 is 0 Å². The third-order valence-electron chi connectivity index (χ3n) is 2.39. The fourth-order valence-corrected chi connectivity index (χ4v) is 2.55. The van der Waals surface area contributed by atoms with E-state index in [2.05, 4.69) is 0 Å². The Morgan fingerprint density at radius 3 is 2.64 bits per heavy atom. The molecule has 80 valence electrons. The van der Waals surface area contributed by atoms with E-state index in [0.29, 0.717) is 19.3 Å². The minimum absolute atomic E-state index is 0.156. The van der Waals surface area contributed by atoms with Gasteiger partial charge < -0.3 is 0 Å². The molecule has 0 heterocycles. The van der Waals surface area contributed by atoms with Crippen molar-refractivity contribution in [1.82, 2.24) is 0 Å². The van der Waals surface area contributed by atoms with Gasteiger partial charge in [-0.1, -0.05) is 6.08 Å². The van der Waals surface area contributed by atoms with Crippen LogP contribution in [0, 0.1) is 10.1 Å². The number of nitro groups is 1. The molecule has 5 nitrogen and oxygen atoms in total. The van der Waals surface area contributed by atoms with Crippen molar-refractivity contribution in [3.05, 3.63) is 21.8 Å². The van der Waals surface area contributed by atoms with Crippen LogP contribution >= 0.6 is 0 Å². The maximum absolute atomic E-state index is 11.2. The van der Waals surface area contributed by atoms with Crippen molar-refractivity contribution in [2.75, 3.05) is 12.8 Å². The van der Waals surface area contributed by atoms with Crippen molar-refractivity contribution in [3.63, 3.8) is 0 Å². The van der Waals surface area contributed by atoms with Crippen LogP contribution in [0.25, 0.3) is 0 Å². The van der Waals surface area contributed by atoms with E-state index in [9.17, 15) is 18.5 Å². The topological polar surface area (TPSA) is 77.3 Å². The van der Waals surface area contributed by atoms with Crippen molar-refractivity contribution < 1.29 is 13.3 Å². The summed E-state index contributed by atoms with van der Waals surface area (Å²) in [5, 5.41) is 9.84. The molecule has 0 bridgehead atoms. The molecule has 0 saturated heterocycles. The zero-order chi connectivity index (χ0) is 10.8. The first-order valence-electron chi connectivity index (χ1n) is 4.38. The summed E-state index contributed by atoms with van der Waals surface area (Å²) in [6.45, 7) is -0.156. The second-order valence-electron chi connectivity index (χ2n) is 3.58. The normalized spacial score (nSPS) is 22.9. The third kappa shape index (κ3) is 3.10. The Labute approximate surface area is 82.9 Å². The molecule has 0 N–H and O–H groups in total. The lowest BCUT2D eigenvalue weighted by Gasteiger charge is -2.18. The van der Waals surface area contributed by atoms with Crippen LogP contribution in [-0.4, -0.2) is 31.4 Å². The molecule has 1 aliphatic rings. The minimum Gasteiger partial charge on any atom is -0.264 e. The van der Waals surface area contributed by atoms with Crippen LogP contribution < -0.4 is 0 Å². The fourth-order valence-electron chi connectivity index (χ4n) is 1.56. The Balaban J connectivity index is 2.60. The fraction of sp³-hybridized carbons (Fsp3) is 0.750. The van der Waals surface area contributed by atoms with Crippen LogP contribution in [0.1, 0.15) is 19.3 Å². The maximum atomic E-state index is 11.2. The van der Waals surface area contributed by atoms with Gasteiger partial charge in [0.15, 0.2) is 9.84 Å². The lowest BCUT2D eigenvalue weighted by Crippen LogP contribution is -2.23. The van der Waals surface area contributed by atoms with Gasteiger partial charge in [0.25, 0.3) is 0 Å². The van der Waals surface area contributed by atoms with Gasteiger partial charge in [-0.15, -0.1) is 0 Å². The first-order valence-corrected chi connectivity index (χ1v) is 6.33. The highest BCUT2D eigenvalue weighted by Crippen LogP contribution is 2.22. The van der Waals surface area contributed by atoms with E-state index < -0.39 is 9.84 Å². The Morgan fingerprint density at radius 1 is 1.64 bits per heavy atom. The molecule has 1 rings (SSSR count). The molecule has 1 unspecified atom stereocenters. The molecule has 0 aromatic rings. The zero-order valence-corrected chi connectivity index (χ0v) is 8.79. The highest BCUT2D eigenvalue weighted by atomic mass is 32.2. The Morgan fingerprint density at radius 2 is 2.29 bits per heavy atom. The van der Waals surface area contributed by atoms with Crippen molar-refractivity contribution >= 4 is 9.84 Å². The molecule has 0 radical (unpaired) electrons. The molecule has 0 fully saturated rings. The summed E-state index contributed by atoms with van der Waals surface area (Å²) in [6, 6.07) is 0. The SMILES string of the molecule is CS(=O)(=O)C1CC=C(C[N+](=O)[O-])CC1. The molecule has 14 heavy (non-hydrogen) atoms. The molecule has 0 saturated carbocycles. The standard InChI is InChI=1S/C8H13NO4S/c1-14(12,13)8-4-2-7(3-5-8)6-9(10)11/h2,8H,3-6H2,1H3. The van der Waals surface area contributed by atoms with Gasteiger partial charge in [-0.25, -0.2) is 8.42 Å². The zero-order valence-electron chi connectivity index (χ0n) is 7.97. The smallest absolute Gasteiger partial charge is 0.224 e. The quantitative estimate of drug-likeness (QED) is 0.399. The second kappa shape index (κ2) is 4.08. The lowest BCUT2D eigenvalue weighted by molar-refractivity contribution is -0.471. The predicted octanol–water partition coefficient (Wildman–Crippen LogP) is 0.787. The number of allylic oxidation sites excluding steroid dienone is 1. The van der Waals surface area contributed by atoms with Crippen molar-refractivity contribution in [3.8, 4) is 0 Å². The summed E-state index contributed by atoms with van der Waals surface area (Å²) in [5.41, 5.74) is 0.745. The second-order valence-corrected chi connectivity index (χ2v) is 5.90. The summed E-state index contributed by atoms with van der Waals surface area (Å²) < 4.78 is 22.3. The van der Waals surface area contributed by atoms with Crippen molar-refractivity contribution in [2.45, 2.75) is 24.5 Å². The molecule has 0 spiro atoms. The molecule has 6 heteroatoms. The molecular weight excluding hydrogens is 206 g/mol. The van der Waals surface area contributed by atoms with Crippen molar-refractivity contribution in [1.29, 1.82) is 0 Å². The van der Waals surface area contributed by atoms with Gasteiger partial charge in [-0.05, 0) is 24.8 Å². The van der Waals surface area contributed by atoms with Crippen LogP contribution in [0.4, 0.5) is 0 Å². The van der Waals surface area contributed by atoms with Gasteiger partial charge in [-0.2, -0.15) is 0 Å². The predicted molar refractivity (Wildman–Crippen MR) is 52.4 cm³/mol. The van der Waals surface area contributed by atoms with Crippen LogP contribution in [0.3, 0.4) is 0 Å². The first kappa shape index (κ1) is 11.2. The van der Waals surface area contributed by atoms with E-state index in [1.165, 1.54) is 6.26 Å². The summed E-state index contributed by atoms with van der Waals surface area (Å²) in [6.07, 6.45) is 4.36. The number of rotatable bonds is 3. The Hall–Kier alpha value is -0.910. The highest BCUT2D eigenvalue weighted by Gasteiger charge is 2.24. The largest absolute Gasteiger partial charge is 0.264 e. The van der Waals surface area contributed by atoms with Crippen LogP contribution in [0.2, 0.25) is 0 Å². The average Bonchev–Trinajstić information content (AvgIpc) is 2.02. The van der Waals surface area contributed by atoms with Crippen LogP contribution in [0.15, 0.2) is 11.6 Å². The lowest BCUT2D eigenvalue weighted by atomic mass is 9.99. The molecule has 0 amide bonds. The van der Waals surface area contributed by atoms with E-state index in [0.717, 1.165) is 5.57 Å². The minimum atomic E-state index is -2.99. The highest BCUT2D eigenvalue weighted by molar-refractivity contribution is 7.91.